The van der Waals surface area contributed by atoms with Crippen molar-refractivity contribution in [1.82, 2.24) is 0 Å². The molecule has 0 fully saturated rings. The van der Waals surface area contributed by atoms with Gasteiger partial charge in [0.25, 0.3) is 0 Å². The van der Waals surface area contributed by atoms with Crippen LogP contribution in [0.4, 0.5) is 5.69 Å². The maximum absolute atomic E-state index is 11.6. The molecule has 0 aliphatic heterocycles. The normalized spacial score (nSPS) is 17.1. The molecule has 170 valence electrons. The van der Waals surface area contributed by atoms with Crippen LogP contribution in [0.2, 0.25) is 0 Å². The lowest BCUT2D eigenvalue weighted by molar-refractivity contribution is -0.112. The second-order valence-corrected chi connectivity index (χ2v) is 9.52. The van der Waals surface area contributed by atoms with Gasteiger partial charge in [-0.05, 0) is 67.4 Å². The van der Waals surface area contributed by atoms with Crippen LogP contribution in [0.25, 0.3) is 6.08 Å². The predicted molar refractivity (Wildman–Crippen MR) is 134 cm³/mol. The number of hydrogen-bond donors (Lipinski definition) is 0. The average Bonchev–Trinajstić information content (AvgIpc) is 2.70. The van der Waals surface area contributed by atoms with Gasteiger partial charge in [-0.1, -0.05) is 58.8 Å². The first-order valence-electron chi connectivity index (χ1n) is 11.8. The van der Waals surface area contributed by atoms with Crippen LogP contribution < -0.4 is 9.64 Å². The van der Waals surface area contributed by atoms with E-state index in [0.29, 0.717) is 0 Å². The van der Waals surface area contributed by atoms with E-state index in [2.05, 4.69) is 69.0 Å². The van der Waals surface area contributed by atoms with Crippen LogP contribution in [0.15, 0.2) is 47.6 Å². The topological polar surface area (TPSA) is 29.5 Å². The summed E-state index contributed by atoms with van der Waals surface area (Å²) in [7, 11) is 1.75. The number of unbranched alkanes of at least 4 members (excludes halogenated alkanes) is 2. The van der Waals surface area contributed by atoms with Gasteiger partial charge in [0.1, 0.15) is 5.75 Å². The summed E-state index contributed by atoms with van der Waals surface area (Å²) in [4.78, 5) is 14.0. The first-order valence-corrected chi connectivity index (χ1v) is 11.8. The van der Waals surface area contributed by atoms with Crippen LogP contribution in [0.5, 0.6) is 5.75 Å². The summed E-state index contributed by atoms with van der Waals surface area (Å²) < 4.78 is 5.75. The highest BCUT2D eigenvalue weighted by atomic mass is 16.5. The monoisotopic (exact) mass is 423 g/mol. The highest BCUT2D eigenvalue weighted by Gasteiger charge is 2.24. The molecule has 1 aromatic rings. The van der Waals surface area contributed by atoms with E-state index >= 15 is 0 Å². The van der Waals surface area contributed by atoms with Gasteiger partial charge < -0.3 is 9.64 Å². The van der Waals surface area contributed by atoms with Crippen LogP contribution in [0.1, 0.15) is 78.7 Å². The Balaban J connectivity index is 2.27. The summed E-state index contributed by atoms with van der Waals surface area (Å²) in [6.07, 6.45) is 15.0. The molecular weight excluding hydrogens is 382 g/mol. The Bertz CT molecular complexity index is 821. The Morgan fingerprint density at radius 2 is 1.77 bits per heavy atom. The molecule has 0 radical (unpaired) electrons. The lowest BCUT2D eigenvalue weighted by atomic mass is 9.75. The van der Waals surface area contributed by atoms with Crippen LogP contribution >= 0.6 is 0 Å². The predicted octanol–water partition coefficient (Wildman–Crippen LogP) is 7.38. The van der Waals surface area contributed by atoms with Crippen molar-refractivity contribution in [2.75, 3.05) is 25.1 Å². The zero-order valence-electron chi connectivity index (χ0n) is 20.5. The smallest absolute Gasteiger partial charge is 0.152 e. The Morgan fingerprint density at radius 3 is 2.35 bits per heavy atom. The Morgan fingerprint density at radius 1 is 1.10 bits per heavy atom. The minimum absolute atomic E-state index is 0.111. The molecule has 3 heteroatoms. The molecule has 0 saturated carbocycles. The number of rotatable bonds is 11. The van der Waals surface area contributed by atoms with Crippen molar-refractivity contribution in [3.63, 3.8) is 0 Å². The molecule has 0 amide bonds. The van der Waals surface area contributed by atoms with Crippen LogP contribution in [0.3, 0.4) is 0 Å². The summed E-state index contributed by atoms with van der Waals surface area (Å²) in [6.45, 7) is 12.8. The number of carbonyl (C=O) groups excluding carboxylic acids is 1. The van der Waals surface area contributed by atoms with E-state index in [9.17, 15) is 4.79 Å². The zero-order chi connectivity index (χ0) is 22.9. The van der Waals surface area contributed by atoms with E-state index in [0.717, 1.165) is 42.8 Å². The van der Waals surface area contributed by atoms with Crippen LogP contribution in [-0.2, 0) is 4.79 Å². The number of hydrogen-bond acceptors (Lipinski definition) is 3. The lowest BCUT2D eigenvalue weighted by Gasteiger charge is -2.30. The van der Waals surface area contributed by atoms with Crippen molar-refractivity contribution in [3.8, 4) is 5.75 Å². The van der Waals surface area contributed by atoms with Gasteiger partial charge in [-0.25, -0.2) is 0 Å². The Labute approximate surface area is 189 Å². The SMILES string of the molecule is CCCCN(CCCC)c1ccc(/C=C/C2=CC(=C\C(C)=O)/CC(C)(C)C2)c(OC)c1. The van der Waals surface area contributed by atoms with E-state index in [1.54, 1.807) is 20.1 Å². The number of ether oxygens (including phenoxy) is 1. The minimum atomic E-state index is 0.111. The first kappa shape index (κ1) is 25.0. The van der Waals surface area contributed by atoms with E-state index in [-0.39, 0.29) is 11.2 Å². The fourth-order valence-electron chi connectivity index (χ4n) is 4.27. The fourth-order valence-corrected chi connectivity index (χ4v) is 4.27. The van der Waals surface area contributed by atoms with Gasteiger partial charge in [0.15, 0.2) is 5.78 Å². The summed E-state index contributed by atoms with van der Waals surface area (Å²) in [5, 5.41) is 0. The molecule has 1 aromatic carbocycles. The van der Waals surface area contributed by atoms with Gasteiger partial charge in [0.2, 0.25) is 0 Å². The molecule has 2 rings (SSSR count). The Kier molecular flexibility index (Phi) is 9.61. The zero-order valence-corrected chi connectivity index (χ0v) is 20.5. The number of anilines is 1. The molecule has 3 nitrogen and oxygen atoms in total. The molecule has 1 aliphatic rings. The van der Waals surface area contributed by atoms with E-state index in [1.807, 2.05) is 0 Å². The van der Waals surface area contributed by atoms with Gasteiger partial charge in [-0.2, -0.15) is 0 Å². The summed E-state index contributed by atoms with van der Waals surface area (Å²) in [6, 6.07) is 6.55. The second kappa shape index (κ2) is 11.9. The third kappa shape index (κ3) is 8.05. The third-order valence-corrected chi connectivity index (χ3v) is 5.75. The highest BCUT2D eigenvalue weighted by Crippen LogP contribution is 2.39. The molecule has 0 heterocycles. The number of ketones is 1. The molecular formula is C28H41NO2. The van der Waals surface area contributed by atoms with Crippen molar-refractivity contribution in [2.24, 2.45) is 5.41 Å². The maximum atomic E-state index is 11.6. The van der Waals surface area contributed by atoms with Crippen molar-refractivity contribution in [2.45, 2.75) is 73.1 Å². The number of nitrogens with zero attached hydrogens (tertiary/aromatic N) is 1. The average molecular weight is 424 g/mol. The number of carbonyl (C=O) groups is 1. The van der Waals surface area contributed by atoms with Crippen molar-refractivity contribution in [1.29, 1.82) is 0 Å². The molecule has 0 N–H and O–H groups in total. The summed E-state index contributed by atoms with van der Waals surface area (Å²) in [5.41, 5.74) is 4.85. The van der Waals surface area contributed by atoms with Crippen molar-refractivity contribution in [3.05, 3.63) is 53.1 Å². The standard InChI is InChI=1S/C28H41NO2/c1-7-9-15-29(16-10-8-2)26-14-13-25(27(19-26)31-6)12-11-23-18-24(17-22(3)30)21-28(4,5)20-23/h11-14,17-19H,7-10,15-16,20-21H2,1-6H3/b12-11+,24-17+. The van der Waals surface area contributed by atoms with Crippen LogP contribution in [0, 0.1) is 5.41 Å². The van der Waals surface area contributed by atoms with Crippen molar-refractivity contribution < 1.29 is 9.53 Å². The molecule has 31 heavy (non-hydrogen) atoms. The van der Waals surface area contributed by atoms with E-state index < -0.39 is 0 Å². The number of methoxy groups -OCH3 is 1. The largest absolute Gasteiger partial charge is 0.496 e. The van der Waals surface area contributed by atoms with Gasteiger partial charge in [-0.15, -0.1) is 0 Å². The molecule has 0 unspecified atom stereocenters. The van der Waals surface area contributed by atoms with Crippen LogP contribution in [-0.4, -0.2) is 26.0 Å². The summed E-state index contributed by atoms with van der Waals surface area (Å²) in [5.74, 6) is 1.02. The fraction of sp³-hybridized carbons (Fsp3) is 0.536. The first-order chi connectivity index (χ1) is 14.8. The van der Waals surface area contributed by atoms with Crippen molar-refractivity contribution >= 4 is 17.5 Å². The highest BCUT2D eigenvalue weighted by molar-refractivity contribution is 5.88. The maximum Gasteiger partial charge on any atom is 0.152 e. The molecule has 1 aliphatic carbocycles. The molecule has 0 aromatic heterocycles. The van der Waals surface area contributed by atoms with Gasteiger partial charge in [0, 0.05) is 30.4 Å². The molecule has 0 bridgehead atoms. The molecule has 0 spiro atoms. The van der Waals surface area contributed by atoms with E-state index in [1.165, 1.54) is 36.9 Å². The Hall–Kier alpha value is -2.29. The third-order valence-electron chi connectivity index (χ3n) is 5.75. The second-order valence-electron chi connectivity index (χ2n) is 9.52. The van der Waals surface area contributed by atoms with Gasteiger partial charge in [-0.3, -0.25) is 4.79 Å². The van der Waals surface area contributed by atoms with E-state index in [4.69, 9.17) is 4.74 Å². The minimum Gasteiger partial charge on any atom is -0.496 e. The quantitative estimate of drug-likeness (QED) is 0.348. The molecule has 0 atom stereocenters. The summed E-state index contributed by atoms with van der Waals surface area (Å²) >= 11 is 0. The number of benzene rings is 1. The molecule has 0 saturated heterocycles. The lowest BCUT2D eigenvalue weighted by Crippen LogP contribution is -2.25. The number of allylic oxidation sites excluding steroid dienone is 5. The van der Waals surface area contributed by atoms with Gasteiger partial charge >= 0.3 is 0 Å². The van der Waals surface area contributed by atoms with Gasteiger partial charge in [0.05, 0.1) is 7.11 Å².